The van der Waals surface area contributed by atoms with Crippen LogP contribution >= 0.6 is 11.3 Å². The molecule has 1 aliphatic rings. The summed E-state index contributed by atoms with van der Waals surface area (Å²) in [6.45, 7) is 3.18. The van der Waals surface area contributed by atoms with Gasteiger partial charge in [-0.05, 0) is 31.4 Å². The third kappa shape index (κ3) is 5.15. The second-order valence-corrected chi connectivity index (χ2v) is 6.86. The van der Waals surface area contributed by atoms with Gasteiger partial charge in [-0.3, -0.25) is 0 Å². The quantitative estimate of drug-likeness (QED) is 0.719. The maximum Gasteiger partial charge on any atom is 0.315 e. The number of aromatic nitrogens is 1. The van der Waals surface area contributed by atoms with Gasteiger partial charge < -0.3 is 20.1 Å². The fourth-order valence-corrected chi connectivity index (χ4v) is 3.49. The number of amides is 2. The summed E-state index contributed by atoms with van der Waals surface area (Å²) >= 11 is 1.60. The predicted octanol–water partition coefficient (Wildman–Crippen LogP) is 2.68. The maximum atomic E-state index is 11.8. The number of nitrogens with zero attached hydrogens (tertiary/aromatic N) is 1. The van der Waals surface area contributed by atoms with E-state index in [1.807, 2.05) is 24.3 Å². The Kier molecular flexibility index (Phi) is 6.40. The van der Waals surface area contributed by atoms with Crippen LogP contribution in [-0.2, 0) is 16.0 Å². The molecule has 1 fully saturated rings. The Morgan fingerprint density at radius 1 is 1.38 bits per heavy atom. The van der Waals surface area contributed by atoms with Crippen LogP contribution in [0.5, 0.6) is 0 Å². The highest BCUT2D eigenvalue weighted by Crippen LogP contribution is 2.21. The summed E-state index contributed by atoms with van der Waals surface area (Å²) in [5.41, 5.74) is 0.975. The van der Waals surface area contributed by atoms with Gasteiger partial charge in [-0.2, -0.15) is 0 Å². The van der Waals surface area contributed by atoms with Gasteiger partial charge in [0.05, 0.1) is 29.5 Å². The van der Waals surface area contributed by atoms with E-state index in [0.29, 0.717) is 26.3 Å². The number of hydrogen-bond donors (Lipinski definition) is 2. The van der Waals surface area contributed by atoms with Gasteiger partial charge in [-0.15, -0.1) is 11.3 Å². The predicted molar refractivity (Wildman–Crippen MR) is 94.3 cm³/mol. The van der Waals surface area contributed by atoms with Crippen molar-refractivity contribution in [3.8, 4) is 0 Å². The van der Waals surface area contributed by atoms with Gasteiger partial charge in [0, 0.05) is 19.8 Å². The lowest BCUT2D eigenvalue weighted by Gasteiger charge is -2.10. The van der Waals surface area contributed by atoms with E-state index in [9.17, 15) is 4.79 Å². The molecular formula is C17H23N3O3S. The highest BCUT2D eigenvalue weighted by atomic mass is 32.1. The average molecular weight is 349 g/mol. The van der Waals surface area contributed by atoms with Gasteiger partial charge >= 0.3 is 6.03 Å². The summed E-state index contributed by atoms with van der Waals surface area (Å²) in [7, 11) is 0. The van der Waals surface area contributed by atoms with E-state index in [4.69, 9.17) is 9.47 Å². The van der Waals surface area contributed by atoms with E-state index < -0.39 is 0 Å². The lowest BCUT2D eigenvalue weighted by Crippen LogP contribution is -2.35. The first-order chi connectivity index (χ1) is 11.8. The summed E-state index contributed by atoms with van der Waals surface area (Å²) in [4.78, 5) is 16.3. The number of nitrogens with one attached hydrogen (secondary N) is 2. The number of benzene rings is 1. The molecule has 1 aromatic carbocycles. The lowest BCUT2D eigenvalue weighted by molar-refractivity contribution is 0.0168. The van der Waals surface area contributed by atoms with Gasteiger partial charge in [0.1, 0.15) is 5.01 Å². The van der Waals surface area contributed by atoms with Gasteiger partial charge in [0.25, 0.3) is 0 Å². The van der Waals surface area contributed by atoms with Crippen LogP contribution in [0, 0.1) is 0 Å². The zero-order chi connectivity index (χ0) is 16.6. The van der Waals surface area contributed by atoms with E-state index in [0.717, 1.165) is 41.1 Å². The molecule has 1 atom stereocenters. The van der Waals surface area contributed by atoms with Crippen molar-refractivity contribution in [1.29, 1.82) is 0 Å². The summed E-state index contributed by atoms with van der Waals surface area (Å²) in [5.74, 6) is 0. The molecule has 6 nitrogen and oxygen atoms in total. The monoisotopic (exact) mass is 349 g/mol. The first-order valence-electron chi connectivity index (χ1n) is 8.37. The average Bonchev–Trinajstić information content (AvgIpc) is 3.25. The van der Waals surface area contributed by atoms with E-state index in [1.54, 1.807) is 11.3 Å². The van der Waals surface area contributed by atoms with Crippen LogP contribution in [0.25, 0.3) is 10.2 Å². The molecule has 0 saturated carbocycles. The van der Waals surface area contributed by atoms with Crippen LogP contribution < -0.4 is 10.6 Å². The molecule has 2 amide bonds. The first-order valence-corrected chi connectivity index (χ1v) is 9.18. The fraction of sp³-hybridized carbons (Fsp3) is 0.529. The van der Waals surface area contributed by atoms with Crippen molar-refractivity contribution in [1.82, 2.24) is 15.6 Å². The minimum Gasteiger partial charge on any atom is -0.379 e. The minimum atomic E-state index is -0.173. The number of hydrogen-bond acceptors (Lipinski definition) is 5. The Morgan fingerprint density at radius 2 is 2.29 bits per heavy atom. The smallest absolute Gasteiger partial charge is 0.315 e. The Morgan fingerprint density at radius 3 is 3.12 bits per heavy atom. The maximum absolute atomic E-state index is 11.8. The number of thiazole rings is 1. The molecule has 2 aromatic rings. The molecule has 0 radical (unpaired) electrons. The number of fused-ring (bicyclic) bond motifs is 1. The van der Waals surface area contributed by atoms with Crippen LogP contribution in [0.4, 0.5) is 4.79 Å². The molecule has 0 aliphatic carbocycles. The SMILES string of the molecule is O=C(NCCCOC[C@H]1CCCO1)NCc1nc2ccccc2s1. The molecule has 1 aliphatic heterocycles. The summed E-state index contributed by atoms with van der Waals surface area (Å²) in [6.07, 6.45) is 3.27. The van der Waals surface area contributed by atoms with E-state index in [1.165, 1.54) is 0 Å². The Balaban J connectivity index is 1.25. The van der Waals surface area contributed by atoms with Crippen molar-refractivity contribution in [2.45, 2.75) is 31.9 Å². The Hall–Kier alpha value is -1.70. The molecule has 0 bridgehead atoms. The lowest BCUT2D eigenvalue weighted by atomic mass is 10.2. The standard InChI is InChI=1S/C17H23N3O3S/c21-17(18-8-4-9-22-12-13-5-3-10-23-13)19-11-16-20-14-6-1-2-7-15(14)24-16/h1-2,6-7,13H,3-5,8-12H2,(H2,18,19,21)/t13-/m1/s1. The van der Waals surface area contributed by atoms with Gasteiger partial charge in [-0.25, -0.2) is 9.78 Å². The molecule has 0 spiro atoms. The summed E-state index contributed by atoms with van der Waals surface area (Å²) in [5, 5.41) is 6.57. The first kappa shape index (κ1) is 17.1. The van der Waals surface area contributed by atoms with E-state index in [2.05, 4.69) is 15.6 Å². The van der Waals surface area contributed by atoms with Crippen LogP contribution in [0.3, 0.4) is 0 Å². The molecular weight excluding hydrogens is 326 g/mol. The molecule has 24 heavy (non-hydrogen) atoms. The third-order valence-electron chi connectivity index (χ3n) is 3.82. The number of rotatable bonds is 8. The molecule has 2 N–H and O–H groups in total. The van der Waals surface area contributed by atoms with Gasteiger partial charge in [0.2, 0.25) is 0 Å². The fourth-order valence-electron chi connectivity index (χ4n) is 2.58. The topological polar surface area (TPSA) is 72.5 Å². The van der Waals surface area contributed by atoms with Crippen molar-refractivity contribution >= 4 is 27.6 Å². The molecule has 130 valence electrons. The molecule has 2 heterocycles. The zero-order valence-electron chi connectivity index (χ0n) is 13.6. The number of carbonyl (C=O) groups is 1. The Labute approximate surface area is 145 Å². The van der Waals surface area contributed by atoms with Crippen molar-refractivity contribution in [2.75, 3.05) is 26.4 Å². The molecule has 0 unspecified atom stereocenters. The summed E-state index contributed by atoms with van der Waals surface area (Å²) in [6, 6.07) is 7.80. The molecule has 3 rings (SSSR count). The highest BCUT2D eigenvalue weighted by molar-refractivity contribution is 7.18. The third-order valence-corrected chi connectivity index (χ3v) is 4.85. The second-order valence-electron chi connectivity index (χ2n) is 5.75. The zero-order valence-corrected chi connectivity index (χ0v) is 14.4. The number of urea groups is 1. The van der Waals surface area contributed by atoms with E-state index >= 15 is 0 Å². The molecule has 1 saturated heterocycles. The van der Waals surface area contributed by atoms with Crippen molar-refractivity contribution in [3.63, 3.8) is 0 Å². The number of carbonyl (C=O) groups excluding carboxylic acids is 1. The second kappa shape index (κ2) is 8.96. The van der Waals surface area contributed by atoms with Gasteiger partial charge in [0.15, 0.2) is 0 Å². The van der Waals surface area contributed by atoms with Crippen molar-refractivity contribution in [2.24, 2.45) is 0 Å². The minimum absolute atomic E-state index is 0.173. The van der Waals surface area contributed by atoms with E-state index in [-0.39, 0.29) is 12.1 Å². The van der Waals surface area contributed by atoms with Crippen LogP contribution in [0.1, 0.15) is 24.3 Å². The van der Waals surface area contributed by atoms with Crippen LogP contribution in [-0.4, -0.2) is 43.5 Å². The number of ether oxygens (including phenoxy) is 2. The normalized spacial score (nSPS) is 17.2. The molecule has 7 heteroatoms. The molecule has 1 aromatic heterocycles. The Bertz CT molecular complexity index is 622. The van der Waals surface area contributed by atoms with Crippen molar-refractivity contribution < 1.29 is 14.3 Å². The number of para-hydroxylation sites is 1. The van der Waals surface area contributed by atoms with Crippen molar-refractivity contribution in [3.05, 3.63) is 29.3 Å². The van der Waals surface area contributed by atoms with Crippen LogP contribution in [0.2, 0.25) is 0 Å². The van der Waals surface area contributed by atoms with Gasteiger partial charge in [-0.1, -0.05) is 12.1 Å². The summed E-state index contributed by atoms with van der Waals surface area (Å²) < 4.78 is 12.2. The largest absolute Gasteiger partial charge is 0.379 e. The van der Waals surface area contributed by atoms with Crippen LogP contribution in [0.15, 0.2) is 24.3 Å². The highest BCUT2D eigenvalue weighted by Gasteiger charge is 2.14.